The highest BCUT2D eigenvalue weighted by Gasteiger charge is 2.15. The monoisotopic (exact) mass is 170 g/mol. The van der Waals surface area contributed by atoms with Crippen LogP contribution >= 0.6 is 0 Å². The van der Waals surface area contributed by atoms with Crippen LogP contribution in [0.15, 0.2) is 25.3 Å². The van der Waals surface area contributed by atoms with E-state index < -0.39 is 11.9 Å². The van der Waals surface area contributed by atoms with Gasteiger partial charge in [-0.2, -0.15) is 0 Å². The number of hydrogen-bond donors (Lipinski definition) is 0. The smallest absolute Gasteiger partial charge is 0.417 e. The molecule has 0 bridgehead atoms. The molecule has 12 heavy (non-hydrogen) atoms. The van der Waals surface area contributed by atoms with Gasteiger partial charge in [-0.3, -0.25) is 0 Å². The molecule has 0 atom stereocenters. The van der Waals surface area contributed by atoms with Crippen molar-refractivity contribution in [3.05, 3.63) is 25.3 Å². The molecule has 0 aromatic heterocycles. The molecule has 0 fully saturated rings. The Bertz CT molecular complexity index is 173. The summed E-state index contributed by atoms with van der Waals surface area (Å²) in [5.41, 5.74) is 0. The molecule has 0 saturated heterocycles. The van der Waals surface area contributed by atoms with Crippen molar-refractivity contribution in [2.75, 3.05) is 13.2 Å². The van der Waals surface area contributed by atoms with E-state index in [0.29, 0.717) is 0 Å². The number of rotatable bonds is 4. The molecule has 0 saturated carbocycles. The van der Waals surface area contributed by atoms with Crippen molar-refractivity contribution >= 4 is 11.9 Å². The second kappa shape index (κ2) is 6.15. The van der Waals surface area contributed by atoms with Crippen LogP contribution < -0.4 is 0 Å². The Morgan fingerprint density at radius 2 is 1.33 bits per heavy atom. The molecule has 0 aliphatic carbocycles. The van der Waals surface area contributed by atoms with Crippen LogP contribution in [0.1, 0.15) is 0 Å². The number of hydrogen-bond acceptors (Lipinski definition) is 4. The van der Waals surface area contributed by atoms with Gasteiger partial charge >= 0.3 is 11.9 Å². The standard InChI is InChI=1S/C8H10O4/c1-3-5-11-7(9)8(10)12-6-4-2/h3-4H,1-2,5-6H2. The molecule has 0 aliphatic rings. The summed E-state index contributed by atoms with van der Waals surface area (Å²) in [5, 5.41) is 0. The van der Waals surface area contributed by atoms with Crippen molar-refractivity contribution in [3.63, 3.8) is 0 Å². The third-order valence-electron chi connectivity index (χ3n) is 0.831. The Morgan fingerprint density at radius 3 is 1.58 bits per heavy atom. The summed E-state index contributed by atoms with van der Waals surface area (Å²) in [7, 11) is 0. The molecule has 0 amide bonds. The van der Waals surface area contributed by atoms with Crippen LogP contribution in [-0.2, 0) is 19.1 Å². The first-order valence-corrected chi connectivity index (χ1v) is 3.28. The number of ether oxygens (including phenoxy) is 2. The summed E-state index contributed by atoms with van der Waals surface area (Å²) in [6.07, 6.45) is 2.72. The van der Waals surface area contributed by atoms with Gasteiger partial charge in [0.2, 0.25) is 0 Å². The largest absolute Gasteiger partial charge is 0.453 e. The van der Waals surface area contributed by atoms with E-state index in [0.717, 1.165) is 0 Å². The molecule has 0 aromatic carbocycles. The minimum absolute atomic E-state index is 0.00201. The van der Waals surface area contributed by atoms with Gasteiger partial charge in [-0.1, -0.05) is 25.3 Å². The molecule has 0 N–H and O–H groups in total. The molecule has 0 rings (SSSR count). The fraction of sp³-hybridized carbons (Fsp3) is 0.250. The van der Waals surface area contributed by atoms with Crippen molar-refractivity contribution in [1.29, 1.82) is 0 Å². The number of carbonyl (C=O) groups is 2. The van der Waals surface area contributed by atoms with E-state index >= 15 is 0 Å². The van der Waals surface area contributed by atoms with E-state index in [1.807, 2.05) is 0 Å². The fourth-order valence-corrected chi connectivity index (χ4v) is 0.387. The molecule has 0 spiro atoms. The zero-order valence-electron chi connectivity index (χ0n) is 6.62. The van der Waals surface area contributed by atoms with Crippen LogP contribution in [0.2, 0.25) is 0 Å². The zero-order valence-corrected chi connectivity index (χ0v) is 6.62. The van der Waals surface area contributed by atoms with Crippen LogP contribution in [0, 0.1) is 0 Å². The predicted octanol–water partition coefficient (Wildman–Crippen LogP) is 0.445. The predicted molar refractivity (Wildman–Crippen MR) is 42.3 cm³/mol. The number of esters is 2. The molecule has 0 radical (unpaired) electrons. The molecular weight excluding hydrogens is 160 g/mol. The Labute approximate surface area is 70.5 Å². The van der Waals surface area contributed by atoms with Gasteiger partial charge in [0.05, 0.1) is 0 Å². The van der Waals surface area contributed by atoms with Crippen molar-refractivity contribution in [2.24, 2.45) is 0 Å². The summed E-state index contributed by atoms with van der Waals surface area (Å²) in [4.78, 5) is 21.3. The van der Waals surface area contributed by atoms with Gasteiger partial charge < -0.3 is 9.47 Å². The van der Waals surface area contributed by atoms with E-state index in [4.69, 9.17) is 0 Å². The summed E-state index contributed by atoms with van der Waals surface area (Å²) in [6, 6.07) is 0. The molecule has 66 valence electrons. The average Bonchev–Trinajstić information content (AvgIpc) is 2.10. The van der Waals surface area contributed by atoms with Gasteiger partial charge in [0.25, 0.3) is 0 Å². The van der Waals surface area contributed by atoms with Gasteiger partial charge in [0.15, 0.2) is 0 Å². The first-order valence-electron chi connectivity index (χ1n) is 3.28. The highest BCUT2D eigenvalue weighted by molar-refractivity contribution is 6.29. The second-order valence-corrected chi connectivity index (χ2v) is 1.77. The normalized spacial score (nSPS) is 8.33. The molecule has 4 heteroatoms. The maximum atomic E-state index is 10.6. The lowest BCUT2D eigenvalue weighted by Gasteiger charge is -2.00. The third-order valence-corrected chi connectivity index (χ3v) is 0.831. The van der Waals surface area contributed by atoms with E-state index in [2.05, 4.69) is 22.6 Å². The Kier molecular flexibility index (Phi) is 5.34. The molecule has 0 heterocycles. The van der Waals surface area contributed by atoms with Crippen molar-refractivity contribution in [1.82, 2.24) is 0 Å². The maximum Gasteiger partial charge on any atom is 0.417 e. The average molecular weight is 170 g/mol. The Morgan fingerprint density at radius 1 is 1.00 bits per heavy atom. The Balaban J connectivity index is 3.68. The lowest BCUT2D eigenvalue weighted by Crippen LogP contribution is -2.20. The van der Waals surface area contributed by atoms with Crippen LogP contribution in [0.3, 0.4) is 0 Å². The van der Waals surface area contributed by atoms with Gasteiger partial charge in [-0.25, -0.2) is 9.59 Å². The van der Waals surface area contributed by atoms with Crippen LogP contribution in [0.4, 0.5) is 0 Å². The van der Waals surface area contributed by atoms with E-state index in [1.54, 1.807) is 0 Å². The minimum atomic E-state index is -1.02. The highest BCUT2D eigenvalue weighted by Crippen LogP contribution is 1.85. The quantitative estimate of drug-likeness (QED) is 0.349. The zero-order chi connectivity index (χ0) is 9.40. The molecule has 0 aromatic rings. The van der Waals surface area contributed by atoms with Crippen LogP contribution in [-0.4, -0.2) is 25.2 Å². The van der Waals surface area contributed by atoms with Crippen molar-refractivity contribution in [2.45, 2.75) is 0 Å². The van der Waals surface area contributed by atoms with E-state index in [-0.39, 0.29) is 13.2 Å². The molecular formula is C8H10O4. The lowest BCUT2D eigenvalue weighted by atomic mass is 10.6. The minimum Gasteiger partial charge on any atom is -0.453 e. The lowest BCUT2D eigenvalue weighted by molar-refractivity contribution is -0.166. The van der Waals surface area contributed by atoms with Gasteiger partial charge in [0.1, 0.15) is 13.2 Å². The second-order valence-electron chi connectivity index (χ2n) is 1.77. The van der Waals surface area contributed by atoms with Gasteiger partial charge in [0, 0.05) is 0 Å². The summed E-state index contributed by atoms with van der Waals surface area (Å²) in [6.45, 7) is 6.62. The van der Waals surface area contributed by atoms with Gasteiger partial charge in [-0.05, 0) is 0 Å². The highest BCUT2D eigenvalue weighted by atomic mass is 16.6. The maximum absolute atomic E-state index is 10.6. The summed E-state index contributed by atoms with van der Waals surface area (Å²) < 4.78 is 8.77. The first-order chi connectivity index (χ1) is 5.72. The van der Waals surface area contributed by atoms with Crippen LogP contribution in [0.5, 0.6) is 0 Å². The van der Waals surface area contributed by atoms with Gasteiger partial charge in [-0.15, -0.1) is 0 Å². The fourth-order valence-electron chi connectivity index (χ4n) is 0.387. The summed E-state index contributed by atoms with van der Waals surface area (Å²) >= 11 is 0. The molecule has 4 nitrogen and oxygen atoms in total. The molecule has 0 unspecified atom stereocenters. The topological polar surface area (TPSA) is 52.6 Å². The van der Waals surface area contributed by atoms with Crippen LogP contribution in [0.25, 0.3) is 0 Å². The summed E-state index contributed by atoms with van der Waals surface area (Å²) in [5.74, 6) is -2.03. The van der Waals surface area contributed by atoms with Crippen molar-refractivity contribution < 1.29 is 19.1 Å². The third kappa shape index (κ3) is 4.27. The Hall–Kier alpha value is -1.58. The SMILES string of the molecule is C=CCOC(=O)C(=O)OCC=C. The number of carbonyl (C=O) groups excluding carboxylic acids is 2. The molecule has 0 aliphatic heterocycles. The van der Waals surface area contributed by atoms with E-state index in [9.17, 15) is 9.59 Å². The first kappa shape index (κ1) is 10.4. The van der Waals surface area contributed by atoms with E-state index in [1.165, 1.54) is 12.2 Å². The van der Waals surface area contributed by atoms with Crippen molar-refractivity contribution in [3.8, 4) is 0 Å².